The van der Waals surface area contributed by atoms with Crippen LogP contribution >= 0.6 is 0 Å². The summed E-state index contributed by atoms with van der Waals surface area (Å²) in [6.07, 6.45) is 1.56. The molecule has 0 unspecified atom stereocenters. The van der Waals surface area contributed by atoms with Gasteiger partial charge in [-0.15, -0.1) is 6.58 Å². The summed E-state index contributed by atoms with van der Waals surface area (Å²) in [5.41, 5.74) is 5.45. The highest BCUT2D eigenvalue weighted by Gasteiger charge is 2.38. The molecular weight excluding hydrogens is 324 g/mol. The van der Waals surface area contributed by atoms with Gasteiger partial charge >= 0.3 is 0 Å². The van der Waals surface area contributed by atoms with Gasteiger partial charge in [-0.1, -0.05) is 48.0 Å². The molecule has 3 rings (SSSR count). The number of nitrogens with zero attached hydrogens (tertiary/aromatic N) is 1. The molecule has 1 aliphatic heterocycles. The average molecular weight is 346 g/mol. The molecule has 2 aromatic rings. The summed E-state index contributed by atoms with van der Waals surface area (Å²) in [7, 11) is 0. The number of nitrogens with one attached hydrogen (secondary N) is 1. The third-order valence-corrected chi connectivity index (χ3v) is 4.47. The molecule has 4 heteroatoms. The van der Waals surface area contributed by atoms with E-state index in [2.05, 4.69) is 11.9 Å². The first kappa shape index (κ1) is 17.7. The van der Waals surface area contributed by atoms with E-state index in [0.717, 1.165) is 27.9 Å². The number of aryl methyl sites for hydroxylation is 3. The number of carbonyl (C=O) groups is 2. The van der Waals surface area contributed by atoms with Gasteiger partial charge < -0.3 is 5.32 Å². The number of rotatable bonds is 5. The summed E-state index contributed by atoms with van der Waals surface area (Å²) < 4.78 is 0. The number of benzene rings is 2. The van der Waals surface area contributed by atoms with E-state index in [9.17, 15) is 9.59 Å². The maximum Gasteiger partial charge on any atom is 0.278 e. The number of anilines is 1. The van der Waals surface area contributed by atoms with E-state index in [4.69, 9.17) is 0 Å². The Balaban J connectivity index is 2.12. The van der Waals surface area contributed by atoms with Crippen molar-refractivity contribution in [3.8, 4) is 0 Å². The lowest BCUT2D eigenvalue weighted by Crippen LogP contribution is -2.32. The zero-order valence-electron chi connectivity index (χ0n) is 15.3. The third-order valence-electron chi connectivity index (χ3n) is 4.47. The van der Waals surface area contributed by atoms with Crippen LogP contribution in [0.1, 0.15) is 22.3 Å². The molecule has 0 bridgehead atoms. The predicted octanol–water partition coefficient (Wildman–Crippen LogP) is 3.99. The smallest absolute Gasteiger partial charge is 0.278 e. The summed E-state index contributed by atoms with van der Waals surface area (Å²) in [4.78, 5) is 27.0. The van der Waals surface area contributed by atoms with Gasteiger partial charge in [0.2, 0.25) is 0 Å². The van der Waals surface area contributed by atoms with Crippen LogP contribution in [0, 0.1) is 20.8 Å². The SMILES string of the molecule is C=CCN1C(=O)C(Nc2cc(C)ccc2C)=C(c2ccc(C)cc2)C1=O. The zero-order valence-corrected chi connectivity index (χ0v) is 15.3. The largest absolute Gasteiger partial charge is 0.350 e. The number of hydrogen-bond donors (Lipinski definition) is 1. The van der Waals surface area contributed by atoms with Crippen LogP contribution in [0.3, 0.4) is 0 Å². The Kier molecular flexibility index (Phi) is 4.76. The standard InChI is InChI=1S/C22H22N2O2/c1-5-12-24-21(25)19(17-10-7-14(2)8-11-17)20(22(24)26)23-18-13-15(3)6-9-16(18)4/h5-11,13,23H,1,12H2,2-4H3. The Bertz CT molecular complexity index is 924. The Morgan fingerprint density at radius 1 is 0.962 bits per heavy atom. The monoisotopic (exact) mass is 346 g/mol. The van der Waals surface area contributed by atoms with Crippen LogP contribution in [0.25, 0.3) is 5.57 Å². The Morgan fingerprint density at radius 2 is 1.62 bits per heavy atom. The highest BCUT2D eigenvalue weighted by atomic mass is 16.2. The van der Waals surface area contributed by atoms with Crippen LogP contribution < -0.4 is 5.32 Å². The van der Waals surface area contributed by atoms with Crippen molar-refractivity contribution in [3.05, 3.63) is 83.1 Å². The quantitative estimate of drug-likeness (QED) is 0.658. The van der Waals surface area contributed by atoms with E-state index in [1.165, 1.54) is 4.90 Å². The summed E-state index contributed by atoms with van der Waals surface area (Å²) in [6.45, 7) is 9.78. The molecule has 0 aliphatic carbocycles. The maximum absolute atomic E-state index is 12.9. The molecule has 0 atom stereocenters. The molecule has 0 fully saturated rings. The Morgan fingerprint density at radius 3 is 2.27 bits per heavy atom. The normalized spacial score (nSPS) is 14.2. The fourth-order valence-corrected chi connectivity index (χ4v) is 2.98. The molecule has 1 aliphatic rings. The average Bonchev–Trinajstić information content (AvgIpc) is 2.84. The van der Waals surface area contributed by atoms with Gasteiger partial charge in [0.25, 0.3) is 11.8 Å². The van der Waals surface area contributed by atoms with Gasteiger partial charge in [0.05, 0.1) is 5.57 Å². The summed E-state index contributed by atoms with van der Waals surface area (Å²) in [5.74, 6) is -0.627. The lowest BCUT2D eigenvalue weighted by atomic mass is 10.0. The van der Waals surface area contributed by atoms with Crippen LogP contribution in [0.15, 0.2) is 60.8 Å². The van der Waals surface area contributed by atoms with E-state index in [1.807, 2.05) is 63.2 Å². The molecule has 132 valence electrons. The number of amides is 2. The fourth-order valence-electron chi connectivity index (χ4n) is 2.98. The second-order valence-electron chi connectivity index (χ2n) is 6.57. The van der Waals surface area contributed by atoms with E-state index in [-0.39, 0.29) is 18.4 Å². The van der Waals surface area contributed by atoms with Crippen molar-refractivity contribution in [2.24, 2.45) is 0 Å². The van der Waals surface area contributed by atoms with Crippen LogP contribution in [-0.2, 0) is 9.59 Å². The first-order valence-corrected chi connectivity index (χ1v) is 8.55. The second-order valence-corrected chi connectivity index (χ2v) is 6.57. The number of imide groups is 1. The van der Waals surface area contributed by atoms with Crippen molar-refractivity contribution in [1.82, 2.24) is 4.90 Å². The molecular formula is C22H22N2O2. The van der Waals surface area contributed by atoms with Crippen LogP contribution in [0.4, 0.5) is 5.69 Å². The lowest BCUT2D eigenvalue weighted by Gasteiger charge is -2.13. The zero-order chi connectivity index (χ0) is 18.8. The molecule has 1 heterocycles. The van der Waals surface area contributed by atoms with Crippen molar-refractivity contribution >= 4 is 23.1 Å². The van der Waals surface area contributed by atoms with Gasteiger partial charge in [-0.3, -0.25) is 14.5 Å². The highest BCUT2D eigenvalue weighted by molar-refractivity contribution is 6.36. The Hall–Kier alpha value is -3.14. The van der Waals surface area contributed by atoms with E-state index in [0.29, 0.717) is 11.3 Å². The van der Waals surface area contributed by atoms with E-state index < -0.39 is 0 Å². The molecule has 1 N–H and O–H groups in total. The summed E-state index contributed by atoms with van der Waals surface area (Å²) in [6, 6.07) is 13.6. The minimum atomic E-state index is -0.327. The first-order chi connectivity index (χ1) is 12.4. The third kappa shape index (κ3) is 3.18. The van der Waals surface area contributed by atoms with Gasteiger partial charge in [-0.05, 0) is 43.5 Å². The fraction of sp³-hybridized carbons (Fsp3) is 0.182. The summed E-state index contributed by atoms with van der Waals surface area (Å²) >= 11 is 0. The van der Waals surface area contributed by atoms with Crippen molar-refractivity contribution in [1.29, 1.82) is 0 Å². The Labute approximate surface area is 153 Å². The topological polar surface area (TPSA) is 49.4 Å². The molecule has 0 radical (unpaired) electrons. The molecule has 0 spiro atoms. The molecule has 2 amide bonds. The summed E-state index contributed by atoms with van der Waals surface area (Å²) in [5, 5.41) is 3.22. The molecule has 4 nitrogen and oxygen atoms in total. The number of hydrogen-bond acceptors (Lipinski definition) is 3. The van der Waals surface area contributed by atoms with Crippen molar-refractivity contribution in [2.75, 3.05) is 11.9 Å². The van der Waals surface area contributed by atoms with Crippen molar-refractivity contribution in [2.45, 2.75) is 20.8 Å². The molecule has 26 heavy (non-hydrogen) atoms. The van der Waals surface area contributed by atoms with Crippen LogP contribution in [0.2, 0.25) is 0 Å². The minimum absolute atomic E-state index is 0.186. The molecule has 0 aromatic heterocycles. The van der Waals surface area contributed by atoms with Gasteiger partial charge in [-0.25, -0.2) is 0 Å². The second kappa shape index (κ2) is 7.00. The van der Waals surface area contributed by atoms with Crippen LogP contribution in [-0.4, -0.2) is 23.3 Å². The van der Waals surface area contributed by atoms with Crippen LogP contribution in [0.5, 0.6) is 0 Å². The van der Waals surface area contributed by atoms with Gasteiger partial charge in [-0.2, -0.15) is 0 Å². The van der Waals surface area contributed by atoms with E-state index >= 15 is 0 Å². The van der Waals surface area contributed by atoms with Gasteiger partial charge in [0, 0.05) is 12.2 Å². The van der Waals surface area contributed by atoms with E-state index in [1.54, 1.807) is 6.08 Å². The first-order valence-electron chi connectivity index (χ1n) is 8.55. The molecule has 2 aromatic carbocycles. The van der Waals surface area contributed by atoms with Gasteiger partial charge in [0.15, 0.2) is 0 Å². The van der Waals surface area contributed by atoms with Crippen molar-refractivity contribution in [3.63, 3.8) is 0 Å². The number of carbonyl (C=O) groups excluding carboxylic acids is 2. The predicted molar refractivity (Wildman–Crippen MR) is 105 cm³/mol. The highest BCUT2D eigenvalue weighted by Crippen LogP contribution is 2.31. The lowest BCUT2D eigenvalue weighted by molar-refractivity contribution is -0.136. The maximum atomic E-state index is 12.9. The minimum Gasteiger partial charge on any atom is -0.350 e. The van der Waals surface area contributed by atoms with Gasteiger partial charge in [0.1, 0.15) is 5.70 Å². The molecule has 0 saturated carbocycles. The van der Waals surface area contributed by atoms with Crippen molar-refractivity contribution < 1.29 is 9.59 Å². The molecule has 0 saturated heterocycles.